The van der Waals surface area contributed by atoms with E-state index in [1.807, 2.05) is 0 Å². The molecule has 0 aliphatic heterocycles. The van der Waals surface area contributed by atoms with Gasteiger partial charge in [-0.2, -0.15) is 0 Å². The van der Waals surface area contributed by atoms with Crippen molar-refractivity contribution in [1.82, 2.24) is 0 Å². The van der Waals surface area contributed by atoms with Crippen LogP contribution in [0.15, 0.2) is 0 Å². The van der Waals surface area contributed by atoms with Crippen molar-refractivity contribution in [1.29, 1.82) is 0 Å². The van der Waals surface area contributed by atoms with Gasteiger partial charge in [0, 0.05) is 0 Å². The van der Waals surface area contributed by atoms with Gasteiger partial charge in [-0.1, -0.05) is 41.0 Å². The Morgan fingerprint density at radius 2 is 1.27 bits per heavy atom. The fraction of sp³-hybridized carbons (Fsp3) is 1.00. The monoisotopic (exact) mass is 210 g/mol. The minimum Gasteiger partial charge on any atom is -0.0651 e. The summed E-state index contributed by atoms with van der Waals surface area (Å²) in [7, 11) is 0. The van der Waals surface area contributed by atoms with Crippen LogP contribution in [-0.2, 0) is 0 Å². The molecule has 0 amide bonds. The van der Waals surface area contributed by atoms with Crippen LogP contribution in [0.25, 0.3) is 0 Å². The van der Waals surface area contributed by atoms with Crippen LogP contribution in [0.3, 0.4) is 0 Å². The van der Waals surface area contributed by atoms with Crippen LogP contribution in [0, 0.1) is 29.6 Å². The molecule has 1 fully saturated rings. The van der Waals surface area contributed by atoms with Crippen molar-refractivity contribution in [3.8, 4) is 0 Å². The molecule has 1 saturated carbocycles. The molecule has 0 aromatic rings. The first-order chi connectivity index (χ1) is 7.04. The molecule has 0 bridgehead atoms. The van der Waals surface area contributed by atoms with Gasteiger partial charge in [0.25, 0.3) is 0 Å². The Kier molecular flexibility index (Phi) is 5.15. The van der Waals surface area contributed by atoms with Gasteiger partial charge in [0.2, 0.25) is 0 Å². The quantitative estimate of drug-likeness (QED) is 0.590. The van der Waals surface area contributed by atoms with Gasteiger partial charge in [0.1, 0.15) is 0 Å². The first-order valence-corrected chi connectivity index (χ1v) is 7.04. The van der Waals surface area contributed by atoms with Crippen LogP contribution in [0.2, 0.25) is 0 Å². The zero-order valence-corrected chi connectivity index (χ0v) is 11.4. The van der Waals surface area contributed by atoms with Crippen LogP contribution in [-0.4, -0.2) is 0 Å². The van der Waals surface area contributed by atoms with E-state index in [0.29, 0.717) is 0 Å². The average Bonchev–Trinajstić information content (AvgIpc) is 2.45. The van der Waals surface area contributed by atoms with E-state index in [0.717, 1.165) is 29.6 Å². The smallest absolute Gasteiger partial charge is 0.0360 e. The van der Waals surface area contributed by atoms with E-state index in [2.05, 4.69) is 34.6 Å². The van der Waals surface area contributed by atoms with Gasteiger partial charge in [-0.15, -0.1) is 0 Å². The molecule has 1 aliphatic rings. The van der Waals surface area contributed by atoms with Gasteiger partial charge in [-0.3, -0.25) is 0 Å². The summed E-state index contributed by atoms with van der Waals surface area (Å²) in [6.45, 7) is 11.9. The lowest BCUT2D eigenvalue weighted by Crippen LogP contribution is -2.17. The zero-order chi connectivity index (χ0) is 11.4. The van der Waals surface area contributed by atoms with Crippen molar-refractivity contribution in [2.24, 2.45) is 29.6 Å². The van der Waals surface area contributed by atoms with Crippen molar-refractivity contribution in [3.63, 3.8) is 0 Å². The van der Waals surface area contributed by atoms with Crippen LogP contribution in [0.4, 0.5) is 0 Å². The highest BCUT2D eigenvalue weighted by Crippen LogP contribution is 2.44. The third-order valence-corrected chi connectivity index (χ3v) is 4.14. The van der Waals surface area contributed by atoms with Crippen LogP contribution in [0.5, 0.6) is 0 Å². The minimum absolute atomic E-state index is 0.891. The largest absolute Gasteiger partial charge is 0.0651 e. The van der Waals surface area contributed by atoms with Crippen molar-refractivity contribution < 1.29 is 0 Å². The van der Waals surface area contributed by atoms with Crippen molar-refractivity contribution >= 4 is 0 Å². The molecule has 0 nitrogen and oxygen atoms in total. The Balaban J connectivity index is 2.49. The van der Waals surface area contributed by atoms with Gasteiger partial charge in [-0.25, -0.2) is 0 Å². The van der Waals surface area contributed by atoms with Gasteiger partial charge in [-0.05, 0) is 55.3 Å². The number of rotatable bonds is 5. The van der Waals surface area contributed by atoms with Crippen molar-refractivity contribution in [2.45, 2.75) is 66.7 Å². The van der Waals surface area contributed by atoms with Gasteiger partial charge in [0.05, 0.1) is 0 Å². The molecule has 15 heavy (non-hydrogen) atoms. The van der Waals surface area contributed by atoms with Gasteiger partial charge in [0.15, 0.2) is 0 Å². The highest BCUT2D eigenvalue weighted by Gasteiger charge is 2.34. The Bertz CT molecular complexity index is 151. The second-order valence-corrected chi connectivity index (χ2v) is 6.43. The molecule has 0 heterocycles. The number of hydrogen-bond donors (Lipinski definition) is 0. The summed E-state index contributed by atoms with van der Waals surface area (Å²) in [4.78, 5) is 0. The third-order valence-electron chi connectivity index (χ3n) is 4.14. The molecule has 1 rings (SSSR count). The summed E-state index contributed by atoms with van der Waals surface area (Å²) >= 11 is 0. The lowest BCUT2D eigenvalue weighted by molar-refractivity contribution is 0.242. The lowest BCUT2D eigenvalue weighted by atomic mass is 9.80. The van der Waals surface area contributed by atoms with Crippen LogP contribution in [0.1, 0.15) is 66.7 Å². The van der Waals surface area contributed by atoms with E-state index >= 15 is 0 Å². The Hall–Kier alpha value is 0. The van der Waals surface area contributed by atoms with Gasteiger partial charge >= 0.3 is 0 Å². The van der Waals surface area contributed by atoms with E-state index in [1.165, 1.54) is 32.1 Å². The Labute approximate surface area is 96.8 Å². The normalized spacial score (nSPS) is 31.8. The molecule has 0 spiro atoms. The molecular formula is C15H30. The topological polar surface area (TPSA) is 0 Å². The first-order valence-electron chi connectivity index (χ1n) is 7.04. The van der Waals surface area contributed by atoms with E-state index in [9.17, 15) is 0 Å². The SMILES string of the molecule is CCC1C(CC(C)C)CCC1CC(C)C. The first kappa shape index (κ1) is 13.1. The summed E-state index contributed by atoms with van der Waals surface area (Å²) in [5.41, 5.74) is 0. The molecule has 0 aromatic heterocycles. The van der Waals surface area contributed by atoms with Crippen molar-refractivity contribution in [3.05, 3.63) is 0 Å². The molecule has 90 valence electrons. The molecule has 2 atom stereocenters. The molecule has 0 saturated heterocycles. The fourth-order valence-electron chi connectivity index (χ4n) is 3.70. The second-order valence-electron chi connectivity index (χ2n) is 6.43. The fourth-order valence-corrected chi connectivity index (χ4v) is 3.70. The lowest BCUT2D eigenvalue weighted by Gasteiger charge is -2.26. The summed E-state index contributed by atoms with van der Waals surface area (Å²) in [6.07, 6.45) is 7.36. The molecule has 2 unspecified atom stereocenters. The summed E-state index contributed by atoms with van der Waals surface area (Å²) in [5.74, 6) is 4.90. The Morgan fingerprint density at radius 1 is 0.867 bits per heavy atom. The molecular weight excluding hydrogens is 180 g/mol. The summed E-state index contributed by atoms with van der Waals surface area (Å²) in [6, 6.07) is 0. The molecule has 0 aromatic carbocycles. The highest BCUT2D eigenvalue weighted by molar-refractivity contribution is 4.85. The standard InChI is InChI=1S/C15H30/c1-6-15-13(9-11(2)3)7-8-14(15)10-12(4)5/h11-15H,6-10H2,1-5H3. The molecule has 1 aliphatic carbocycles. The van der Waals surface area contributed by atoms with Gasteiger partial charge < -0.3 is 0 Å². The predicted octanol–water partition coefficient (Wildman–Crippen LogP) is 5.13. The minimum atomic E-state index is 0.891. The van der Waals surface area contributed by atoms with Crippen molar-refractivity contribution in [2.75, 3.05) is 0 Å². The number of hydrogen-bond acceptors (Lipinski definition) is 0. The maximum Gasteiger partial charge on any atom is -0.0360 e. The van der Waals surface area contributed by atoms with E-state index in [1.54, 1.807) is 0 Å². The zero-order valence-electron chi connectivity index (χ0n) is 11.4. The van der Waals surface area contributed by atoms with E-state index in [4.69, 9.17) is 0 Å². The molecule has 0 N–H and O–H groups in total. The molecule has 0 heteroatoms. The van der Waals surface area contributed by atoms with E-state index in [-0.39, 0.29) is 0 Å². The van der Waals surface area contributed by atoms with Crippen LogP contribution < -0.4 is 0 Å². The Morgan fingerprint density at radius 3 is 1.53 bits per heavy atom. The predicted molar refractivity (Wildman–Crippen MR) is 68.9 cm³/mol. The maximum absolute atomic E-state index is 2.40. The summed E-state index contributed by atoms with van der Waals surface area (Å²) < 4.78 is 0. The highest BCUT2D eigenvalue weighted by atomic mass is 14.4. The van der Waals surface area contributed by atoms with Crippen LogP contribution >= 0.6 is 0 Å². The van der Waals surface area contributed by atoms with E-state index < -0.39 is 0 Å². The third kappa shape index (κ3) is 3.81. The average molecular weight is 210 g/mol. The second kappa shape index (κ2) is 5.92. The summed E-state index contributed by atoms with van der Waals surface area (Å²) in [5, 5.41) is 0. The molecule has 0 radical (unpaired) electrons. The maximum atomic E-state index is 2.40.